The maximum atomic E-state index is 10.9. The van der Waals surface area contributed by atoms with Crippen molar-refractivity contribution in [1.82, 2.24) is 0 Å². The van der Waals surface area contributed by atoms with Crippen LogP contribution in [0, 0.1) is 11.3 Å². The number of carboxylic acids is 1. The Bertz CT molecular complexity index is 527. The molecule has 1 fully saturated rings. The Morgan fingerprint density at radius 2 is 2.42 bits per heavy atom. The summed E-state index contributed by atoms with van der Waals surface area (Å²) in [4.78, 5) is 12.8. The van der Waals surface area contributed by atoms with Gasteiger partial charge in [-0.25, -0.2) is 0 Å². The Labute approximate surface area is 116 Å². The van der Waals surface area contributed by atoms with E-state index in [4.69, 9.17) is 21.4 Å². The van der Waals surface area contributed by atoms with Crippen molar-refractivity contribution in [3.63, 3.8) is 0 Å². The van der Waals surface area contributed by atoms with Crippen molar-refractivity contribution in [2.45, 2.75) is 12.5 Å². The lowest BCUT2D eigenvalue weighted by Gasteiger charge is -2.37. The number of carboxylic acid groups (broad SMARTS) is 1. The van der Waals surface area contributed by atoms with Crippen molar-refractivity contribution in [2.75, 3.05) is 24.7 Å². The predicted molar refractivity (Wildman–Crippen MR) is 70.4 cm³/mol. The van der Waals surface area contributed by atoms with E-state index < -0.39 is 5.97 Å². The van der Waals surface area contributed by atoms with E-state index in [1.165, 1.54) is 0 Å². The van der Waals surface area contributed by atoms with Gasteiger partial charge in [0.2, 0.25) is 0 Å². The van der Waals surface area contributed by atoms with Gasteiger partial charge >= 0.3 is 5.97 Å². The number of carbonyl (C=O) groups is 1. The Balaban J connectivity index is 2.35. The van der Waals surface area contributed by atoms with E-state index in [9.17, 15) is 10.1 Å². The average Bonchev–Trinajstić information content (AvgIpc) is 2.38. The summed E-state index contributed by atoms with van der Waals surface area (Å²) in [5.74, 6) is -0.888. The van der Waals surface area contributed by atoms with Gasteiger partial charge in [0.15, 0.2) is 0 Å². The zero-order valence-electron chi connectivity index (χ0n) is 10.2. The van der Waals surface area contributed by atoms with Crippen LogP contribution in [0.15, 0.2) is 18.2 Å². The number of benzene rings is 1. The molecule has 1 heterocycles. The first-order valence-corrected chi connectivity index (χ1v) is 6.26. The number of morpholine rings is 1. The van der Waals surface area contributed by atoms with Crippen LogP contribution in [-0.4, -0.2) is 36.9 Å². The Hall–Kier alpha value is -1.77. The minimum atomic E-state index is -0.888. The van der Waals surface area contributed by atoms with Crippen LogP contribution in [0.1, 0.15) is 12.0 Å². The van der Waals surface area contributed by atoms with Crippen molar-refractivity contribution in [2.24, 2.45) is 0 Å². The van der Waals surface area contributed by atoms with Gasteiger partial charge in [-0.15, -0.1) is 0 Å². The van der Waals surface area contributed by atoms with Gasteiger partial charge in [0.1, 0.15) is 6.07 Å². The number of aliphatic carboxylic acids is 1. The molecule has 1 aromatic carbocycles. The van der Waals surface area contributed by atoms with Gasteiger partial charge in [-0.2, -0.15) is 5.26 Å². The van der Waals surface area contributed by atoms with Crippen molar-refractivity contribution in [1.29, 1.82) is 5.26 Å². The highest BCUT2D eigenvalue weighted by Crippen LogP contribution is 2.29. The number of hydrogen-bond donors (Lipinski definition) is 1. The van der Waals surface area contributed by atoms with Gasteiger partial charge < -0.3 is 14.7 Å². The first-order chi connectivity index (χ1) is 9.13. The molecule has 0 saturated carbocycles. The Kier molecular flexibility index (Phi) is 4.25. The second kappa shape index (κ2) is 5.91. The van der Waals surface area contributed by atoms with Crippen molar-refractivity contribution in [3.05, 3.63) is 28.8 Å². The maximum Gasteiger partial charge on any atom is 0.305 e. The number of halogens is 1. The molecule has 1 aliphatic rings. The lowest BCUT2D eigenvalue weighted by atomic mass is 10.1. The van der Waals surface area contributed by atoms with E-state index in [0.717, 1.165) is 0 Å². The first-order valence-electron chi connectivity index (χ1n) is 5.88. The molecular formula is C13H13ClN2O3. The third-order valence-corrected chi connectivity index (χ3v) is 3.37. The van der Waals surface area contributed by atoms with E-state index >= 15 is 0 Å². The first kappa shape index (κ1) is 13.7. The predicted octanol–water partition coefficient (Wildman–Crippen LogP) is 1.89. The number of anilines is 1. The molecule has 100 valence electrons. The largest absolute Gasteiger partial charge is 0.481 e. The normalized spacial score (nSPS) is 18.9. The van der Waals surface area contributed by atoms with E-state index in [1.54, 1.807) is 18.2 Å². The molecule has 2 rings (SSSR count). The summed E-state index contributed by atoms with van der Waals surface area (Å²) in [5, 5.41) is 18.5. The van der Waals surface area contributed by atoms with Crippen molar-refractivity contribution >= 4 is 23.3 Å². The van der Waals surface area contributed by atoms with Gasteiger partial charge in [0, 0.05) is 6.54 Å². The standard InChI is InChI=1S/C13H13ClN2O3/c14-11-2-1-3-12(10(11)7-15)16-4-5-19-8-9(16)6-13(17)18/h1-3,9H,4-6,8H2,(H,17,18). The van der Waals surface area contributed by atoms with Crippen LogP contribution in [0.4, 0.5) is 5.69 Å². The lowest BCUT2D eigenvalue weighted by molar-refractivity contribution is -0.138. The monoisotopic (exact) mass is 280 g/mol. The summed E-state index contributed by atoms with van der Waals surface area (Å²) < 4.78 is 5.32. The highest BCUT2D eigenvalue weighted by molar-refractivity contribution is 6.32. The van der Waals surface area contributed by atoms with Crippen LogP contribution in [0.25, 0.3) is 0 Å². The molecule has 0 aromatic heterocycles. The van der Waals surface area contributed by atoms with Gasteiger partial charge in [0.05, 0.1) is 41.9 Å². The summed E-state index contributed by atoms with van der Waals surface area (Å²) in [7, 11) is 0. The van der Waals surface area contributed by atoms with Gasteiger partial charge in [-0.05, 0) is 12.1 Å². The molecule has 1 aromatic rings. The van der Waals surface area contributed by atoms with E-state index in [1.807, 2.05) is 4.90 Å². The van der Waals surface area contributed by atoms with Crippen LogP contribution in [0.5, 0.6) is 0 Å². The summed E-state index contributed by atoms with van der Waals surface area (Å²) in [6.45, 7) is 1.39. The SMILES string of the molecule is N#Cc1c(Cl)cccc1N1CCOCC1CC(=O)O. The second-order valence-electron chi connectivity index (χ2n) is 4.27. The van der Waals surface area contributed by atoms with Gasteiger partial charge in [-0.3, -0.25) is 4.79 Å². The zero-order chi connectivity index (χ0) is 13.8. The number of nitrogens with zero attached hydrogens (tertiary/aromatic N) is 2. The van der Waals surface area contributed by atoms with Gasteiger partial charge in [0.25, 0.3) is 0 Å². The minimum Gasteiger partial charge on any atom is -0.481 e. The van der Waals surface area contributed by atoms with E-state index in [2.05, 4.69) is 6.07 Å². The third kappa shape index (κ3) is 2.98. The zero-order valence-corrected chi connectivity index (χ0v) is 10.9. The Morgan fingerprint density at radius 1 is 1.63 bits per heavy atom. The number of hydrogen-bond acceptors (Lipinski definition) is 4. The summed E-state index contributed by atoms with van der Waals surface area (Å²) >= 11 is 6.01. The molecule has 0 amide bonds. The highest BCUT2D eigenvalue weighted by Gasteiger charge is 2.27. The molecule has 0 bridgehead atoms. The molecule has 19 heavy (non-hydrogen) atoms. The topological polar surface area (TPSA) is 73.6 Å². The van der Waals surface area contributed by atoms with Gasteiger partial charge in [-0.1, -0.05) is 17.7 Å². The molecule has 0 aliphatic carbocycles. The summed E-state index contributed by atoms with van der Waals surface area (Å²) in [6.07, 6.45) is -0.0304. The van der Waals surface area contributed by atoms with Crippen LogP contribution >= 0.6 is 11.6 Å². The number of ether oxygens (including phenoxy) is 1. The molecule has 0 radical (unpaired) electrons. The quantitative estimate of drug-likeness (QED) is 0.915. The van der Waals surface area contributed by atoms with E-state index in [0.29, 0.717) is 36.0 Å². The number of nitriles is 1. The lowest BCUT2D eigenvalue weighted by Crippen LogP contribution is -2.47. The molecule has 1 aliphatic heterocycles. The fourth-order valence-electron chi connectivity index (χ4n) is 2.21. The molecule has 1 saturated heterocycles. The highest BCUT2D eigenvalue weighted by atomic mass is 35.5. The van der Waals surface area contributed by atoms with Crippen molar-refractivity contribution in [3.8, 4) is 6.07 Å². The van der Waals surface area contributed by atoms with Crippen LogP contribution < -0.4 is 4.90 Å². The third-order valence-electron chi connectivity index (χ3n) is 3.05. The van der Waals surface area contributed by atoms with Crippen molar-refractivity contribution < 1.29 is 14.6 Å². The molecule has 6 heteroatoms. The smallest absolute Gasteiger partial charge is 0.305 e. The summed E-state index contributed by atoms with van der Waals surface area (Å²) in [6, 6.07) is 6.98. The molecule has 1 N–H and O–H groups in total. The fourth-order valence-corrected chi connectivity index (χ4v) is 2.42. The minimum absolute atomic E-state index is 0.0304. The van der Waals surface area contributed by atoms with Crippen LogP contribution in [0.3, 0.4) is 0 Å². The molecular weight excluding hydrogens is 268 g/mol. The average molecular weight is 281 g/mol. The van der Waals surface area contributed by atoms with Crippen LogP contribution in [0.2, 0.25) is 5.02 Å². The van der Waals surface area contributed by atoms with Crippen LogP contribution in [-0.2, 0) is 9.53 Å². The molecule has 5 nitrogen and oxygen atoms in total. The Morgan fingerprint density at radius 3 is 3.11 bits per heavy atom. The molecule has 0 spiro atoms. The molecule has 1 atom stereocenters. The molecule has 1 unspecified atom stereocenters. The maximum absolute atomic E-state index is 10.9. The summed E-state index contributed by atoms with van der Waals surface area (Å²) in [5.41, 5.74) is 1.05. The second-order valence-corrected chi connectivity index (χ2v) is 4.67. The fraction of sp³-hybridized carbons (Fsp3) is 0.385. The number of rotatable bonds is 3. The van der Waals surface area contributed by atoms with E-state index in [-0.39, 0.29) is 12.5 Å².